The highest BCUT2D eigenvalue weighted by atomic mass is 16.5. The highest BCUT2D eigenvalue weighted by Gasteiger charge is 2.00. The van der Waals surface area contributed by atoms with Gasteiger partial charge in [-0.1, -0.05) is 17.7 Å². The topological polar surface area (TPSA) is 38.3 Å². The minimum atomic E-state index is -0.0179. The number of anilines is 1. The van der Waals surface area contributed by atoms with E-state index >= 15 is 0 Å². The predicted octanol–water partition coefficient (Wildman–Crippen LogP) is 1.97. The highest BCUT2D eigenvalue weighted by Crippen LogP contribution is 2.08. The molecule has 0 bridgehead atoms. The standard InChI is InChI=1S/C11H15NO2/c1-9-3-5-10(6-4-9)12-11(13)7-8-14-2/h3-6H,7-8H2,1-2H3,(H,12,13). The van der Waals surface area contributed by atoms with Crippen molar-refractivity contribution in [2.75, 3.05) is 19.0 Å². The fraction of sp³-hybridized carbons (Fsp3) is 0.364. The summed E-state index contributed by atoms with van der Waals surface area (Å²) in [4.78, 5) is 11.3. The van der Waals surface area contributed by atoms with E-state index in [1.54, 1.807) is 7.11 Å². The van der Waals surface area contributed by atoms with E-state index in [1.807, 2.05) is 31.2 Å². The van der Waals surface area contributed by atoms with Gasteiger partial charge in [0.1, 0.15) is 0 Å². The van der Waals surface area contributed by atoms with Crippen LogP contribution >= 0.6 is 0 Å². The molecule has 14 heavy (non-hydrogen) atoms. The van der Waals surface area contributed by atoms with Gasteiger partial charge in [-0.05, 0) is 19.1 Å². The first-order chi connectivity index (χ1) is 6.72. The maximum Gasteiger partial charge on any atom is 0.226 e. The summed E-state index contributed by atoms with van der Waals surface area (Å²) in [5.41, 5.74) is 2.01. The average Bonchev–Trinajstić information content (AvgIpc) is 2.18. The summed E-state index contributed by atoms with van der Waals surface area (Å²) in [5, 5.41) is 2.78. The Morgan fingerprint density at radius 2 is 2.00 bits per heavy atom. The van der Waals surface area contributed by atoms with Gasteiger partial charge in [0.2, 0.25) is 5.91 Å². The summed E-state index contributed by atoms with van der Waals surface area (Å²) in [6, 6.07) is 7.71. The second-order valence-corrected chi connectivity index (χ2v) is 3.16. The van der Waals surface area contributed by atoms with Crippen molar-refractivity contribution in [3.05, 3.63) is 29.8 Å². The average molecular weight is 193 g/mol. The lowest BCUT2D eigenvalue weighted by Gasteiger charge is -2.04. The Hall–Kier alpha value is -1.35. The zero-order valence-electron chi connectivity index (χ0n) is 8.54. The van der Waals surface area contributed by atoms with Crippen molar-refractivity contribution in [1.82, 2.24) is 0 Å². The van der Waals surface area contributed by atoms with Crippen molar-refractivity contribution < 1.29 is 9.53 Å². The van der Waals surface area contributed by atoms with E-state index in [1.165, 1.54) is 5.56 Å². The number of carbonyl (C=O) groups is 1. The molecule has 0 saturated heterocycles. The third kappa shape index (κ3) is 3.58. The van der Waals surface area contributed by atoms with Crippen LogP contribution in [0.2, 0.25) is 0 Å². The number of methoxy groups -OCH3 is 1. The molecule has 0 radical (unpaired) electrons. The number of benzene rings is 1. The van der Waals surface area contributed by atoms with Crippen LogP contribution < -0.4 is 5.32 Å². The van der Waals surface area contributed by atoms with E-state index in [9.17, 15) is 4.79 Å². The first kappa shape index (κ1) is 10.7. The van der Waals surface area contributed by atoms with Crippen molar-refractivity contribution in [2.45, 2.75) is 13.3 Å². The van der Waals surface area contributed by atoms with Gasteiger partial charge in [-0.2, -0.15) is 0 Å². The maximum absolute atomic E-state index is 11.3. The number of rotatable bonds is 4. The van der Waals surface area contributed by atoms with Crippen molar-refractivity contribution in [3.63, 3.8) is 0 Å². The molecule has 3 heteroatoms. The molecule has 1 aromatic carbocycles. The molecule has 0 aliphatic rings. The molecule has 1 rings (SSSR count). The molecule has 1 N–H and O–H groups in total. The summed E-state index contributed by atoms with van der Waals surface area (Å²) in [6.07, 6.45) is 0.393. The summed E-state index contributed by atoms with van der Waals surface area (Å²) in [7, 11) is 1.58. The Balaban J connectivity index is 2.44. The Morgan fingerprint density at radius 3 is 2.57 bits per heavy atom. The zero-order chi connectivity index (χ0) is 10.4. The molecule has 0 atom stereocenters. The molecule has 0 spiro atoms. The van der Waals surface area contributed by atoms with Crippen molar-refractivity contribution in [3.8, 4) is 0 Å². The van der Waals surface area contributed by atoms with E-state index < -0.39 is 0 Å². The zero-order valence-corrected chi connectivity index (χ0v) is 8.54. The molecule has 0 aliphatic heterocycles. The van der Waals surface area contributed by atoms with Crippen LogP contribution in [0.5, 0.6) is 0 Å². The minimum Gasteiger partial charge on any atom is -0.384 e. The second kappa shape index (κ2) is 5.40. The highest BCUT2D eigenvalue weighted by molar-refractivity contribution is 5.90. The smallest absolute Gasteiger partial charge is 0.226 e. The predicted molar refractivity (Wildman–Crippen MR) is 56.3 cm³/mol. The SMILES string of the molecule is COCCC(=O)Nc1ccc(C)cc1. The fourth-order valence-electron chi connectivity index (χ4n) is 1.06. The molecule has 0 aromatic heterocycles. The molecule has 1 amide bonds. The van der Waals surface area contributed by atoms with Crippen LogP contribution in [0.3, 0.4) is 0 Å². The lowest BCUT2D eigenvalue weighted by molar-refractivity contribution is -0.117. The largest absolute Gasteiger partial charge is 0.384 e. The first-order valence-electron chi connectivity index (χ1n) is 4.58. The minimum absolute atomic E-state index is 0.0179. The van der Waals surface area contributed by atoms with Crippen LogP contribution in [0.25, 0.3) is 0 Å². The van der Waals surface area contributed by atoms with Gasteiger partial charge in [0.15, 0.2) is 0 Å². The number of carbonyl (C=O) groups excluding carboxylic acids is 1. The van der Waals surface area contributed by atoms with Gasteiger partial charge in [-0.25, -0.2) is 0 Å². The molecule has 76 valence electrons. The molecule has 0 unspecified atom stereocenters. The fourth-order valence-corrected chi connectivity index (χ4v) is 1.06. The Bertz CT molecular complexity index is 293. The number of nitrogens with one attached hydrogen (secondary N) is 1. The Labute approximate surface area is 84.1 Å². The number of hydrogen-bond donors (Lipinski definition) is 1. The molecule has 0 aliphatic carbocycles. The number of ether oxygens (including phenoxy) is 1. The van der Waals surface area contributed by atoms with Crippen LogP contribution in [0.1, 0.15) is 12.0 Å². The Morgan fingerprint density at radius 1 is 1.36 bits per heavy atom. The van der Waals surface area contributed by atoms with E-state index in [0.717, 1.165) is 5.69 Å². The summed E-state index contributed by atoms with van der Waals surface area (Å²) in [5.74, 6) is -0.0179. The summed E-state index contributed by atoms with van der Waals surface area (Å²) in [6.45, 7) is 2.47. The van der Waals surface area contributed by atoms with Gasteiger partial charge in [-0.15, -0.1) is 0 Å². The maximum atomic E-state index is 11.3. The van der Waals surface area contributed by atoms with Gasteiger partial charge in [-0.3, -0.25) is 4.79 Å². The number of hydrogen-bond acceptors (Lipinski definition) is 2. The normalized spacial score (nSPS) is 9.86. The van der Waals surface area contributed by atoms with Crippen LogP contribution in [0, 0.1) is 6.92 Å². The van der Waals surface area contributed by atoms with E-state index in [4.69, 9.17) is 4.74 Å². The van der Waals surface area contributed by atoms with Gasteiger partial charge in [0, 0.05) is 12.8 Å². The number of amides is 1. The Kier molecular flexibility index (Phi) is 4.13. The number of aryl methyl sites for hydroxylation is 1. The monoisotopic (exact) mass is 193 g/mol. The van der Waals surface area contributed by atoms with E-state index in [0.29, 0.717) is 13.0 Å². The van der Waals surface area contributed by atoms with Crippen molar-refractivity contribution >= 4 is 11.6 Å². The summed E-state index contributed by atoms with van der Waals surface area (Å²) >= 11 is 0. The van der Waals surface area contributed by atoms with Gasteiger partial charge in [0.05, 0.1) is 13.0 Å². The molecular formula is C11H15NO2. The molecular weight excluding hydrogens is 178 g/mol. The van der Waals surface area contributed by atoms with Gasteiger partial charge >= 0.3 is 0 Å². The molecule has 0 heterocycles. The third-order valence-corrected chi connectivity index (χ3v) is 1.87. The van der Waals surface area contributed by atoms with Crippen molar-refractivity contribution in [1.29, 1.82) is 0 Å². The quantitative estimate of drug-likeness (QED) is 0.794. The van der Waals surface area contributed by atoms with Crippen LogP contribution in [-0.2, 0) is 9.53 Å². The van der Waals surface area contributed by atoms with E-state index in [-0.39, 0.29) is 5.91 Å². The van der Waals surface area contributed by atoms with Crippen molar-refractivity contribution in [2.24, 2.45) is 0 Å². The second-order valence-electron chi connectivity index (χ2n) is 3.16. The molecule has 0 saturated carbocycles. The van der Waals surface area contributed by atoms with E-state index in [2.05, 4.69) is 5.32 Å². The van der Waals surface area contributed by atoms with Crippen LogP contribution in [-0.4, -0.2) is 19.6 Å². The first-order valence-corrected chi connectivity index (χ1v) is 4.58. The molecule has 1 aromatic rings. The molecule has 3 nitrogen and oxygen atoms in total. The lowest BCUT2D eigenvalue weighted by atomic mass is 10.2. The van der Waals surface area contributed by atoms with Crippen LogP contribution in [0.4, 0.5) is 5.69 Å². The van der Waals surface area contributed by atoms with Gasteiger partial charge in [0.25, 0.3) is 0 Å². The van der Waals surface area contributed by atoms with Gasteiger partial charge < -0.3 is 10.1 Å². The molecule has 0 fully saturated rings. The summed E-state index contributed by atoms with van der Waals surface area (Å²) < 4.78 is 4.81. The lowest BCUT2D eigenvalue weighted by Crippen LogP contribution is -2.13. The van der Waals surface area contributed by atoms with Crippen LogP contribution in [0.15, 0.2) is 24.3 Å². The third-order valence-electron chi connectivity index (χ3n) is 1.87.